The van der Waals surface area contributed by atoms with Crippen LogP contribution in [0.1, 0.15) is 19.3 Å². The molecule has 6 nitrogen and oxygen atoms in total. The van der Waals surface area contributed by atoms with Crippen LogP contribution < -0.4 is 5.32 Å². The molecule has 0 atom stereocenters. The van der Waals surface area contributed by atoms with Crippen molar-refractivity contribution in [1.29, 1.82) is 0 Å². The highest BCUT2D eigenvalue weighted by Gasteiger charge is 2.19. The summed E-state index contributed by atoms with van der Waals surface area (Å²) in [5.41, 5.74) is 0. The molecule has 0 fully saturated rings. The lowest BCUT2D eigenvalue weighted by Crippen LogP contribution is -2.28. The van der Waals surface area contributed by atoms with E-state index < -0.39 is 17.9 Å². The molecular formula is C9H15NO5S. The number of amides is 1. The van der Waals surface area contributed by atoms with Crippen LogP contribution in [0.2, 0.25) is 0 Å². The number of rotatable bonds is 8. The second kappa shape index (κ2) is 7.98. The summed E-state index contributed by atoms with van der Waals surface area (Å²) in [5.74, 6) is -2.74. The molecule has 92 valence electrons. The molecule has 3 N–H and O–H groups in total. The Morgan fingerprint density at radius 2 is 1.56 bits per heavy atom. The number of hydrogen-bond acceptors (Lipinski definition) is 4. The zero-order valence-electron chi connectivity index (χ0n) is 8.68. The molecule has 16 heavy (non-hydrogen) atoms. The lowest BCUT2D eigenvalue weighted by molar-refractivity contribution is -0.140. The average Bonchev–Trinajstić information content (AvgIpc) is 2.12. The number of nitrogens with one attached hydrogen (secondary N) is 1. The highest BCUT2D eigenvalue weighted by Crippen LogP contribution is 2.13. The van der Waals surface area contributed by atoms with E-state index >= 15 is 0 Å². The van der Waals surface area contributed by atoms with Crippen molar-refractivity contribution in [1.82, 2.24) is 5.32 Å². The summed E-state index contributed by atoms with van der Waals surface area (Å²) in [4.78, 5) is 32.1. The Morgan fingerprint density at radius 1 is 1.06 bits per heavy atom. The molecule has 0 aromatic carbocycles. The Kier molecular flexibility index (Phi) is 7.36. The third-order valence-corrected chi connectivity index (χ3v) is 2.06. The van der Waals surface area contributed by atoms with Crippen molar-refractivity contribution in [2.24, 2.45) is 5.92 Å². The molecule has 0 aromatic rings. The normalized spacial score (nSPS) is 10.1. The molecule has 0 aromatic heterocycles. The number of carboxylic acids is 2. The zero-order chi connectivity index (χ0) is 12.6. The van der Waals surface area contributed by atoms with Crippen LogP contribution in [0.25, 0.3) is 0 Å². The van der Waals surface area contributed by atoms with Gasteiger partial charge in [-0.05, 0) is 5.92 Å². The zero-order valence-corrected chi connectivity index (χ0v) is 9.57. The standard InChI is InChI=1S/C9H15NO5S/c11-7(10-1-2-16)3-6(4-8(12)13)5-9(14)15/h6,16H,1-5H2,(H,10,11)(H,12,13)(H,14,15). The third kappa shape index (κ3) is 8.10. The Labute approximate surface area is 98.4 Å². The molecule has 0 unspecified atom stereocenters. The van der Waals surface area contributed by atoms with Gasteiger partial charge >= 0.3 is 11.9 Å². The molecule has 0 radical (unpaired) electrons. The predicted molar refractivity (Wildman–Crippen MR) is 59.5 cm³/mol. The molecule has 0 spiro atoms. The van der Waals surface area contributed by atoms with Crippen LogP contribution >= 0.6 is 12.6 Å². The van der Waals surface area contributed by atoms with Gasteiger partial charge in [0, 0.05) is 31.6 Å². The summed E-state index contributed by atoms with van der Waals surface area (Å²) >= 11 is 3.89. The van der Waals surface area contributed by atoms with Gasteiger partial charge in [-0.25, -0.2) is 0 Å². The quantitative estimate of drug-likeness (QED) is 0.453. The second-order valence-corrected chi connectivity index (χ2v) is 3.79. The first-order valence-electron chi connectivity index (χ1n) is 4.76. The van der Waals surface area contributed by atoms with Crippen molar-refractivity contribution in [2.45, 2.75) is 19.3 Å². The summed E-state index contributed by atoms with van der Waals surface area (Å²) in [6, 6.07) is 0. The molecule has 1 amide bonds. The number of carbonyl (C=O) groups is 3. The topological polar surface area (TPSA) is 104 Å². The molecule has 0 saturated heterocycles. The van der Waals surface area contributed by atoms with Crippen LogP contribution in [-0.2, 0) is 14.4 Å². The van der Waals surface area contributed by atoms with E-state index in [0.29, 0.717) is 12.3 Å². The van der Waals surface area contributed by atoms with E-state index in [0.717, 1.165) is 0 Å². The predicted octanol–water partition coefficient (Wildman–Crippen LogP) is -0.0119. The molecule has 0 aliphatic rings. The van der Waals surface area contributed by atoms with E-state index in [-0.39, 0.29) is 25.2 Å². The number of carbonyl (C=O) groups excluding carboxylic acids is 1. The number of aliphatic carboxylic acids is 2. The van der Waals surface area contributed by atoms with Gasteiger partial charge in [-0.2, -0.15) is 12.6 Å². The van der Waals surface area contributed by atoms with Gasteiger partial charge in [0.2, 0.25) is 5.91 Å². The highest BCUT2D eigenvalue weighted by molar-refractivity contribution is 7.80. The van der Waals surface area contributed by atoms with Crippen LogP contribution in [-0.4, -0.2) is 40.4 Å². The highest BCUT2D eigenvalue weighted by atomic mass is 32.1. The molecule has 0 heterocycles. The first-order valence-corrected chi connectivity index (χ1v) is 5.40. The summed E-state index contributed by atoms with van der Waals surface area (Å²) in [6.07, 6.45) is -0.729. The minimum absolute atomic E-state index is 0.0909. The van der Waals surface area contributed by atoms with Gasteiger partial charge in [0.15, 0.2) is 0 Å². The Hall–Kier alpha value is -1.24. The fourth-order valence-corrected chi connectivity index (χ4v) is 1.35. The summed E-state index contributed by atoms with van der Waals surface area (Å²) in [7, 11) is 0. The Balaban J connectivity index is 4.13. The molecule has 0 rings (SSSR count). The maximum Gasteiger partial charge on any atom is 0.303 e. The minimum atomic E-state index is -1.10. The van der Waals surface area contributed by atoms with Gasteiger partial charge in [0.05, 0.1) is 0 Å². The minimum Gasteiger partial charge on any atom is -0.481 e. The second-order valence-electron chi connectivity index (χ2n) is 3.34. The van der Waals surface area contributed by atoms with Crippen LogP contribution in [0.4, 0.5) is 0 Å². The molecule has 0 aliphatic carbocycles. The Bertz CT molecular complexity index is 253. The number of carboxylic acid groups (broad SMARTS) is 2. The average molecular weight is 249 g/mol. The van der Waals surface area contributed by atoms with Gasteiger partial charge in [-0.1, -0.05) is 0 Å². The van der Waals surface area contributed by atoms with Crippen LogP contribution in [0.3, 0.4) is 0 Å². The van der Waals surface area contributed by atoms with Gasteiger partial charge in [0.1, 0.15) is 0 Å². The number of thiol groups is 1. The van der Waals surface area contributed by atoms with E-state index in [1.165, 1.54) is 0 Å². The van der Waals surface area contributed by atoms with E-state index in [1.807, 2.05) is 0 Å². The van der Waals surface area contributed by atoms with Crippen LogP contribution in [0, 0.1) is 5.92 Å². The first-order chi connectivity index (χ1) is 7.45. The maximum absolute atomic E-state index is 11.2. The van der Waals surface area contributed by atoms with Crippen LogP contribution in [0.5, 0.6) is 0 Å². The van der Waals surface area contributed by atoms with Crippen molar-refractivity contribution in [3.05, 3.63) is 0 Å². The van der Waals surface area contributed by atoms with Crippen molar-refractivity contribution < 1.29 is 24.6 Å². The van der Waals surface area contributed by atoms with Gasteiger partial charge in [-0.3, -0.25) is 14.4 Å². The van der Waals surface area contributed by atoms with Crippen molar-refractivity contribution in [2.75, 3.05) is 12.3 Å². The van der Waals surface area contributed by atoms with E-state index in [1.54, 1.807) is 0 Å². The first kappa shape index (κ1) is 14.8. The third-order valence-electron chi connectivity index (χ3n) is 1.83. The van der Waals surface area contributed by atoms with Gasteiger partial charge in [-0.15, -0.1) is 0 Å². The SMILES string of the molecule is O=C(O)CC(CC(=O)O)CC(=O)NCCS. The summed E-state index contributed by atoms with van der Waals surface area (Å²) < 4.78 is 0. The Morgan fingerprint density at radius 3 is 1.94 bits per heavy atom. The lowest BCUT2D eigenvalue weighted by Gasteiger charge is -2.11. The van der Waals surface area contributed by atoms with E-state index in [2.05, 4.69) is 17.9 Å². The number of hydrogen-bond donors (Lipinski definition) is 4. The molecule has 0 aliphatic heterocycles. The van der Waals surface area contributed by atoms with E-state index in [4.69, 9.17) is 10.2 Å². The lowest BCUT2D eigenvalue weighted by atomic mass is 9.97. The monoisotopic (exact) mass is 249 g/mol. The van der Waals surface area contributed by atoms with Crippen molar-refractivity contribution in [3.63, 3.8) is 0 Å². The summed E-state index contributed by atoms with van der Waals surface area (Å²) in [6.45, 7) is 0.384. The van der Waals surface area contributed by atoms with Crippen molar-refractivity contribution in [3.8, 4) is 0 Å². The van der Waals surface area contributed by atoms with Gasteiger partial charge in [0.25, 0.3) is 0 Å². The summed E-state index contributed by atoms with van der Waals surface area (Å²) in [5, 5.41) is 19.6. The molecule has 7 heteroatoms. The largest absolute Gasteiger partial charge is 0.481 e. The molecule has 0 saturated carbocycles. The van der Waals surface area contributed by atoms with Gasteiger partial charge < -0.3 is 15.5 Å². The van der Waals surface area contributed by atoms with Crippen LogP contribution in [0.15, 0.2) is 0 Å². The fraction of sp³-hybridized carbons (Fsp3) is 0.667. The van der Waals surface area contributed by atoms with Crippen molar-refractivity contribution >= 4 is 30.5 Å². The fourth-order valence-electron chi connectivity index (χ4n) is 1.24. The molecular weight excluding hydrogens is 234 g/mol. The smallest absolute Gasteiger partial charge is 0.303 e. The molecule has 0 bridgehead atoms. The van der Waals surface area contributed by atoms with E-state index in [9.17, 15) is 14.4 Å². The maximum atomic E-state index is 11.2.